The Morgan fingerprint density at radius 1 is 1.47 bits per heavy atom. The number of nitrogens with one attached hydrogen (secondary N) is 1. The van der Waals surface area contributed by atoms with Gasteiger partial charge in [-0.15, -0.1) is 0 Å². The van der Waals surface area contributed by atoms with Crippen molar-refractivity contribution < 1.29 is 4.79 Å². The van der Waals surface area contributed by atoms with E-state index in [0.717, 1.165) is 24.4 Å². The van der Waals surface area contributed by atoms with Gasteiger partial charge in [0.1, 0.15) is 0 Å². The zero-order chi connectivity index (χ0) is 13.8. The van der Waals surface area contributed by atoms with Crippen LogP contribution in [0.4, 0.5) is 0 Å². The Labute approximate surface area is 122 Å². The van der Waals surface area contributed by atoms with Crippen LogP contribution in [0.2, 0.25) is 0 Å². The van der Waals surface area contributed by atoms with E-state index in [1.807, 2.05) is 19.9 Å². The predicted molar refractivity (Wildman–Crippen MR) is 78.5 cm³/mol. The first kappa shape index (κ1) is 14.4. The van der Waals surface area contributed by atoms with E-state index in [2.05, 4.69) is 31.4 Å². The van der Waals surface area contributed by atoms with E-state index in [9.17, 15) is 4.79 Å². The highest BCUT2D eigenvalue weighted by Gasteiger charge is 2.25. The van der Waals surface area contributed by atoms with E-state index in [4.69, 9.17) is 0 Å². The van der Waals surface area contributed by atoms with Crippen LogP contribution in [0.15, 0.2) is 6.07 Å². The Hall–Kier alpha value is -0.970. The normalized spacial score (nSPS) is 22.5. The molecular formula is C14H20BrN3O. The van der Waals surface area contributed by atoms with Gasteiger partial charge in [0.2, 0.25) is 0 Å². The largest absolute Gasteiger partial charge is 0.352 e. The van der Waals surface area contributed by atoms with Crippen molar-refractivity contribution in [3.63, 3.8) is 0 Å². The lowest BCUT2D eigenvalue weighted by Gasteiger charge is -2.15. The lowest BCUT2D eigenvalue weighted by atomic mass is 10.1. The fourth-order valence-corrected chi connectivity index (χ4v) is 3.29. The summed E-state index contributed by atoms with van der Waals surface area (Å²) < 4.78 is 0. The minimum absolute atomic E-state index is 0.0264. The summed E-state index contributed by atoms with van der Waals surface area (Å²) in [6.07, 6.45) is 4.36. The van der Waals surface area contributed by atoms with Gasteiger partial charge in [-0.25, -0.2) is 0 Å². The van der Waals surface area contributed by atoms with Crippen molar-refractivity contribution >= 4 is 21.8 Å². The quantitative estimate of drug-likeness (QED) is 0.866. The van der Waals surface area contributed by atoms with Gasteiger partial charge in [0.15, 0.2) is 0 Å². The summed E-state index contributed by atoms with van der Waals surface area (Å²) in [5.41, 5.74) is 2.21. The molecule has 1 heterocycles. The van der Waals surface area contributed by atoms with Gasteiger partial charge in [0, 0.05) is 11.4 Å². The molecule has 1 fully saturated rings. The fourth-order valence-electron chi connectivity index (χ4n) is 2.51. The summed E-state index contributed by atoms with van der Waals surface area (Å²) in [5, 5.41) is 11.1. The molecule has 1 aromatic rings. The highest BCUT2D eigenvalue weighted by molar-refractivity contribution is 9.09. The lowest BCUT2D eigenvalue weighted by Crippen LogP contribution is -2.32. The van der Waals surface area contributed by atoms with E-state index >= 15 is 0 Å². The van der Waals surface area contributed by atoms with Crippen molar-refractivity contribution in [2.24, 2.45) is 5.92 Å². The zero-order valence-electron chi connectivity index (χ0n) is 11.4. The first-order valence-corrected chi connectivity index (χ1v) is 7.78. The minimum Gasteiger partial charge on any atom is -0.352 e. The minimum atomic E-state index is -0.0264. The molecule has 2 rings (SSSR count). The first-order chi connectivity index (χ1) is 9.11. The first-order valence-electron chi connectivity index (χ1n) is 6.87. The maximum absolute atomic E-state index is 12.2. The molecule has 1 aromatic heterocycles. The number of halogens is 1. The third-order valence-electron chi connectivity index (χ3n) is 3.66. The number of hydrogen-bond acceptors (Lipinski definition) is 3. The molecule has 2 atom stereocenters. The Morgan fingerprint density at radius 2 is 2.26 bits per heavy atom. The van der Waals surface area contributed by atoms with E-state index in [0.29, 0.717) is 16.3 Å². The molecule has 1 amide bonds. The molecule has 0 radical (unpaired) electrons. The van der Waals surface area contributed by atoms with Gasteiger partial charge in [-0.1, -0.05) is 29.3 Å². The smallest absolute Gasteiger partial charge is 0.253 e. The topological polar surface area (TPSA) is 54.9 Å². The molecule has 2 unspecified atom stereocenters. The average Bonchev–Trinajstić information content (AvgIpc) is 2.81. The van der Waals surface area contributed by atoms with Crippen LogP contribution in [-0.4, -0.2) is 27.5 Å². The average molecular weight is 326 g/mol. The molecule has 1 aliphatic rings. The molecular weight excluding hydrogens is 306 g/mol. The molecule has 0 bridgehead atoms. The molecule has 0 spiro atoms. The Balaban J connectivity index is 2.01. The summed E-state index contributed by atoms with van der Waals surface area (Å²) in [6.45, 7) is 4.58. The maximum atomic E-state index is 12.2. The van der Waals surface area contributed by atoms with Crippen LogP contribution in [0.25, 0.3) is 0 Å². The number of carbonyl (C=O) groups excluding carboxylic acids is 1. The Morgan fingerprint density at radius 3 is 2.89 bits per heavy atom. The highest BCUT2D eigenvalue weighted by Crippen LogP contribution is 2.30. The third kappa shape index (κ3) is 3.53. The van der Waals surface area contributed by atoms with Crippen molar-refractivity contribution in [2.75, 3.05) is 6.54 Å². The summed E-state index contributed by atoms with van der Waals surface area (Å²) in [5.74, 6) is 0.520. The molecule has 1 aliphatic carbocycles. The monoisotopic (exact) mass is 325 g/mol. The molecule has 0 aromatic carbocycles. The molecule has 0 aliphatic heterocycles. The fraction of sp³-hybridized carbons (Fsp3) is 0.643. The summed E-state index contributed by atoms with van der Waals surface area (Å²) in [4.78, 5) is 12.8. The second-order valence-corrected chi connectivity index (χ2v) is 6.29. The van der Waals surface area contributed by atoms with Crippen LogP contribution in [0.3, 0.4) is 0 Å². The summed E-state index contributed by atoms with van der Waals surface area (Å²) >= 11 is 3.68. The van der Waals surface area contributed by atoms with Crippen molar-refractivity contribution in [3.05, 3.63) is 23.0 Å². The predicted octanol–water partition coefficient (Wildman–Crippen LogP) is 2.64. The molecule has 0 saturated heterocycles. The number of hydrogen-bond donors (Lipinski definition) is 1. The van der Waals surface area contributed by atoms with Gasteiger partial charge >= 0.3 is 0 Å². The Kier molecular flexibility index (Phi) is 4.91. The molecule has 1 saturated carbocycles. The van der Waals surface area contributed by atoms with Crippen molar-refractivity contribution in [2.45, 2.75) is 44.4 Å². The van der Waals surface area contributed by atoms with E-state index in [1.165, 1.54) is 19.3 Å². The summed E-state index contributed by atoms with van der Waals surface area (Å²) in [7, 11) is 0. The van der Waals surface area contributed by atoms with Crippen LogP contribution in [-0.2, 0) is 6.42 Å². The van der Waals surface area contributed by atoms with Gasteiger partial charge in [0.05, 0.1) is 17.0 Å². The van der Waals surface area contributed by atoms with Crippen LogP contribution in [0.5, 0.6) is 0 Å². The summed E-state index contributed by atoms with van der Waals surface area (Å²) in [6, 6.07) is 1.82. The lowest BCUT2D eigenvalue weighted by molar-refractivity contribution is 0.0946. The van der Waals surface area contributed by atoms with Gasteiger partial charge in [0.25, 0.3) is 5.91 Å². The number of amides is 1. The van der Waals surface area contributed by atoms with Crippen LogP contribution < -0.4 is 5.32 Å². The SMILES string of the molecule is CCc1nnc(C)cc1C(=O)NCC1CCCC1Br. The second-order valence-electron chi connectivity index (χ2n) is 5.12. The molecule has 5 heteroatoms. The number of aromatic nitrogens is 2. The van der Waals surface area contributed by atoms with Crippen LogP contribution >= 0.6 is 15.9 Å². The molecule has 19 heavy (non-hydrogen) atoms. The standard InChI is InChI=1S/C14H20BrN3O/c1-3-13-11(7-9(2)17-18-13)14(19)16-8-10-5-4-6-12(10)15/h7,10,12H,3-6,8H2,1-2H3,(H,16,19). The van der Waals surface area contributed by atoms with E-state index < -0.39 is 0 Å². The van der Waals surface area contributed by atoms with E-state index in [1.54, 1.807) is 0 Å². The van der Waals surface area contributed by atoms with Crippen molar-refractivity contribution in [1.29, 1.82) is 0 Å². The van der Waals surface area contributed by atoms with Crippen LogP contribution in [0.1, 0.15) is 47.9 Å². The molecule has 104 valence electrons. The van der Waals surface area contributed by atoms with E-state index in [-0.39, 0.29) is 5.91 Å². The van der Waals surface area contributed by atoms with Crippen LogP contribution in [0, 0.1) is 12.8 Å². The zero-order valence-corrected chi connectivity index (χ0v) is 13.0. The van der Waals surface area contributed by atoms with Gasteiger partial charge in [-0.3, -0.25) is 4.79 Å². The second kappa shape index (κ2) is 6.46. The number of nitrogens with zero attached hydrogens (tertiary/aromatic N) is 2. The number of alkyl halides is 1. The van der Waals surface area contributed by atoms with Gasteiger partial charge in [-0.2, -0.15) is 10.2 Å². The number of aryl methyl sites for hydroxylation is 2. The maximum Gasteiger partial charge on any atom is 0.253 e. The van der Waals surface area contributed by atoms with Gasteiger partial charge < -0.3 is 5.32 Å². The third-order valence-corrected chi connectivity index (χ3v) is 4.87. The van der Waals surface area contributed by atoms with Gasteiger partial charge in [-0.05, 0) is 38.2 Å². The Bertz CT molecular complexity index is 464. The van der Waals surface area contributed by atoms with Crippen molar-refractivity contribution in [3.8, 4) is 0 Å². The molecule has 1 N–H and O–H groups in total. The number of carbonyl (C=O) groups is 1. The highest BCUT2D eigenvalue weighted by atomic mass is 79.9. The number of rotatable bonds is 4. The molecule has 4 nitrogen and oxygen atoms in total. The van der Waals surface area contributed by atoms with Crippen molar-refractivity contribution in [1.82, 2.24) is 15.5 Å².